The Labute approximate surface area is 49.0 Å². The first-order valence-electron chi connectivity index (χ1n) is 2.45. The summed E-state index contributed by atoms with van der Waals surface area (Å²) in [5, 5.41) is 4.62. The van der Waals surface area contributed by atoms with Crippen LogP contribution in [0.25, 0.3) is 0 Å². The van der Waals surface area contributed by atoms with E-state index >= 15 is 0 Å². The molecule has 0 saturated carbocycles. The van der Waals surface area contributed by atoms with E-state index in [1.54, 1.807) is 14.0 Å². The molecule has 0 aliphatic heterocycles. The minimum absolute atomic E-state index is 0.0139. The van der Waals surface area contributed by atoms with Crippen molar-refractivity contribution in [1.29, 1.82) is 0 Å². The van der Waals surface area contributed by atoms with Gasteiger partial charge < -0.3 is 0 Å². The Morgan fingerprint density at radius 2 is 2.38 bits per heavy atom. The lowest BCUT2D eigenvalue weighted by Gasteiger charge is -2.05. The third-order valence-corrected chi connectivity index (χ3v) is 0.876. The molecular formula is C5H10N2O. The van der Waals surface area contributed by atoms with Gasteiger partial charge in [-0.3, -0.25) is 4.79 Å². The molecule has 0 bridgehead atoms. The van der Waals surface area contributed by atoms with Gasteiger partial charge in [-0.25, -0.2) is 5.01 Å². The molecule has 0 aromatic rings. The van der Waals surface area contributed by atoms with Gasteiger partial charge in [0.2, 0.25) is 5.91 Å². The zero-order chi connectivity index (χ0) is 6.57. The van der Waals surface area contributed by atoms with Gasteiger partial charge in [-0.2, -0.15) is 5.10 Å². The first-order valence-corrected chi connectivity index (χ1v) is 2.45. The van der Waals surface area contributed by atoms with E-state index in [0.29, 0.717) is 6.42 Å². The maximum absolute atomic E-state index is 10.5. The lowest BCUT2D eigenvalue weighted by Crippen LogP contribution is -2.18. The molecule has 0 spiro atoms. The number of hydrogen-bond acceptors (Lipinski definition) is 2. The van der Waals surface area contributed by atoms with Crippen LogP contribution in [0.3, 0.4) is 0 Å². The fourth-order valence-corrected chi connectivity index (χ4v) is 0.308. The van der Waals surface area contributed by atoms with Crippen molar-refractivity contribution in [3.63, 3.8) is 0 Å². The molecule has 0 fully saturated rings. The summed E-state index contributed by atoms with van der Waals surface area (Å²) < 4.78 is 0. The predicted octanol–water partition coefficient (Wildman–Crippen LogP) is 0.470. The van der Waals surface area contributed by atoms with Crippen LogP contribution in [0.4, 0.5) is 0 Å². The Morgan fingerprint density at radius 3 is 2.50 bits per heavy atom. The van der Waals surface area contributed by atoms with Gasteiger partial charge in [-0.1, -0.05) is 6.92 Å². The monoisotopic (exact) mass is 114 g/mol. The van der Waals surface area contributed by atoms with Crippen molar-refractivity contribution >= 4 is 12.6 Å². The second-order valence-electron chi connectivity index (χ2n) is 1.41. The normalized spacial score (nSPS) is 8.25. The Bertz CT molecular complexity index is 101. The molecule has 3 nitrogen and oxygen atoms in total. The lowest BCUT2D eigenvalue weighted by atomic mass is 10.5. The van der Waals surface area contributed by atoms with Gasteiger partial charge >= 0.3 is 0 Å². The summed E-state index contributed by atoms with van der Waals surface area (Å²) in [5.41, 5.74) is 0. The largest absolute Gasteiger partial charge is 0.273 e. The molecule has 46 valence electrons. The van der Waals surface area contributed by atoms with Crippen LogP contribution in [-0.2, 0) is 4.79 Å². The van der Waals surface area contributed by atoms with Crippen molar-refractivity contribution in [1.82, 2.24) is 5.01 Å². The summed E-state index contributed by atoms with van der Waals surface area (Å²) in [7, 11) is 1.58. The third kappa shape index (κ3) is 1.73. The molecule has 8 heavy (non-hydrogen) atoms. The maximum atomic E-state index is 10.5. The van der Waals surface area contributed by atoms with Crippen molar-refractivity contribution in [2.45, 2.75) is 13.3 Å². The van der Waals surface area contributed by atoms with Crippen LogP contribution in [0.1, 0.15) is 13.3 Å². The summed E-state index contributed by atoms with van der Waals surface area (Å²) in [6.07, 6.45) is 0.482. The summed E-state index contributed by atoms with van der Waals surface area (Å²) in [6.45, 7) is 4.97. The molecule has 0 aromatic heterocycles. The van der Waals surface area contributed by atoms with Crippen LogP contribution >= 0.6 is 0 Å². The molecule has 0 aromatic carbocycles. The van der Waals surface area contributed by atoms with Crippen LogP contribution < -0.4 is 0 Å². The molecular weight excluding hydrogens is 104 g/mol. The number of rotatable bonds is 2. The first kappa shape index (κ1) is 7.14. The van der Waals surface area contributed by atoms with E-state index in [1.807, 2.05) is 0 Å². The minimum Gasteiger partial charge on any atom is -0.273 e. The molecule has 0 aliphatic rings. The average Bonchev–Trinajstić information content (AvgIpc) is 1.84. The smallest absolute Gasteiger partial charge is 0.242 e. The topological polar surface area (TPSA) is 32.7 Å². The van der Waals surface area contributed by atoms with Crippen molar-refractivity contribution in [2.75, 3.05) is 7.05 Å². The molecule has 0 N–H and O–H groups in total. The summed E-state index contributed by atoms with van der Waals surface area (Å²) >= 11 is 0. The van der Waals surface area contributed by atoms with Crippen LogP contribution in [0, 0.1) is 0 Å². The maximum Gasteiger partial charge on any atom is 0.242 e. The lowest BCUT2D eigenvalue weighted by molar-refractivity contribution is -0.129. The molecule has 0 saturated heterocycles. The number of amides is 1. The van der Waals surface area contributed by atoms with E-state index in [-0.39, 0.29) is 5.91 Å². The molecule has 0 aliphatic carbocycles. The Kier molecular flexibility index (Phi) is 2.84. The summed E-state index contributed by atoms with van der Waals surface area (Å²) in [6, 6.07) is 0. The number of hydrazone groups is 1. The van der Waals surface area contributed by atoms with Crippen molar-refractivity contribution in [3.05, 3.63) is 0 Å². The Balaban J connectivity index is 3.62. The molecule has 3 heteroatoms. The van der Waals surface area contributed by atoms with Gasteiger partial charge in [0, 0.05) is 20.2 Å². The van der Waals surface area contributed by atoms with Crippen LogP contribution in [0.15, 0.2) is 5.10 Å². The van der Waals surface area contributed by atoms with Crippen LogP contribution in [0.5, 0.6) is 0 Å². The van der Waals surface area contributed by atoms with Gasteiger partial charge in [0.05, 0.1) is 0 Å². The van der Waals surface area contributed by atoms with Gasteiger partial charge in [-0.15, -0.1) is 0 Å². The summed E-state index contributed by atoms with van der Waals surface area (Å²) in [5.74, 6) is -0.0139. The van der Waals surface area contributed by atoms with Crippen LogP contribution in [0.2, 0.25) is 0 Å². The van der Waals surface area contributed by atoms with Gasteiger partial charge in [0.25, 0.3) is 0 Å². The number of nitrogens with zero attached hydrogens (tertiary/aromatic N) is 2. The highest BCUT2D eigenvalue weighted by atomic mass is 16.2. The van der Waals surface area contributed by atoms with E-state index in [9.17, 15) is 4.79 Å². The van der Waals surface area contributed by atoms with Crippen molar-refractivity contribution < 1.29 is 4.79 Å². The standard InChI is InChI=1S/C5H10N2O/c1-4-5(8)7(3)6-2/h2,4H2,1,3H3. The summed E-state index contributed by atoms with van der Waals surface area (Å²) in [4.78, 5) is 10.5. The van der Waals surface area contributed by atoms with Crippen molar-refractivity contribution in [2.24, 2.45) is 5.10 Å². The Hall–Kier alpha value is -0.860. The van der Waals surface area contributed by atoms with Crippen LogP contribution in [-0.4, -0.2) is 24.7 Å². The minimum atomic E-state index is -0.0139. The predicted molar refractivity (Wildman–Crippen MR) is 32.6 cm³/mol. The molecule has 0 heterocycles. The van der Waals surface area contributed by atoms with E-state index in [2.05, 4.69) is 11.8 Å². The SMILES string of the molecule is C=NN(C)C(=O)CC. The first-order chi connectivity index (χ1) is 3.72. The zero-order valence-electron chi connectivity index (χ0n) is 5.22. The fourth-order valence-electron chi connectivity index (χ4n) is 0.308. The van der Waals surface area contributed by atoms with E-state index in [0.717, 1.165) is 0 Å². The number of hydrogen-bond donors (Lipinski definition) is 0. The quantitative estimate of drug-likeness (QED) is 0.379. The van der Waals surface area contributed by atoms with E-state index in [4.69, 9.17) is 0 Å². The average molecular weight is 114 g/mol. The van der Waals surface area contributed by atoms with Gasteiger partial charge in [0.15, 0.2) is 0 Å². The molecule has 0 radical (unpaired) electrons. The molecule has 1 amide bonds. The second-order valence-corrected chi connectivity index (χ2v) is 1.41. The number of carbonyl (C=O) groups is 1. The third-order valence-electron chi connectivity index (χ3n) is 0.876. The fraction of sp³-hybridized carbons (Fsp3) is 0.600. The highest BCUT2D eigenvalue weighted by Gasteiger charge is 1.99. The number of carbonyl (C=O) groups excluding carboxylic acids is 1. The zero-order valence-corrected chi connectivity index (χ0v) is 5.22. The molecule has 0 rings (SSSR count). The van der Waals surface area contributed by atoms with E-state index in [1.165, 1.54) is 5.01 Å². The van der Waals surface area contributed by atoms with Gasteiger partial charge in [-0.05, 0) is 0 Å². The van der Waals surface area contributed by atoms with E-state index < -0.39 is 0 Å². The molecule has 0 atom stereocenters. The highest BCUT2D eigenvalue weighted by Crippen LogP contribution is 1.86. The molecule has 0 unspecified atom stereocenters. The second kappa shape index (κ2) is 3.18. The van der Waals surface area contributed by atoms with Crippen molar-refractivity contribution in [3.8, 4) is 0 Å². The highest BCUT2D eigenvalue weighted by molar-refractivity contribution is 5.75. The Morgan fingerprint density at radius 1 is 1.88 bits per heavy atom. The van der Waals surface area contributed by atoms with Gasteiger partial charge in [0.1, 0.15) is 0 Å².